The summed E-state index contributed by atoms with van der Waals surface area (Å²) in [6, 6.07) is 0. The maximum absolute atomic E-state index is 9.80. The van der Waals surface area contributed by atoms with Crippen LogP contribution in [0.1, 0.15) is 0 Å². The minimum absolute atomic E-state index is 0.145. The molecule has 0 atom stereocenters. The number of nitrogens with two attached hydrogens (primary N) is 1. The van der Waals surface area contributed by atoms with E-state index in [9.17, 15) is 4.91 Å². The Morgan fingerprint density at radius 3 is 3.11 bits per heavy atom. The third-order valence-electron chi connectivity index (χ3n) is 0.902. The van der Waals surface area contributed by atoms with Gasteiger partial charge in [0.15, 0.2) is 5.84 Å². The van der Waals surface area contributed by atoms with Crippen molar-refractivity contribution in [1.29, 1.82) is 0 Å². The van der Waals surface area contributed by atoms with E-state index < -0.39 is 0 Å². The Morgan fingerprint density at radius 2 is 2.67 bits per heavy atom. The second kappa shape index (κ2) is 2.25. The summed E-state index contributed by atoms with van der Waals surface area (Å²) in [5.74, 6) is 0.575. The van der Waals surface area contributed by atoms with Gasteiger partial charge in [0.25, 0.3) is 0 Å². The Balaban J connectivity index is 2.74. The predicted octanol–water partition coefficient (Wildman–Crippen LogP) is -0.488. The van der Waals surface area contributed by atoms with Crippen molar-refractivity contribution in [3.63, 3.8) is 0 Å². The smallest absolute Gasteiger partial charge is 0.197 e. The first-order valence-electron chi connectivity index (χ1n) is 2.42. The van der Waals surface area contributed by atoms with E-state index in [1.54, 1.807) is 0 Å². The van der Waals surface area contributed by atoms with Gasteiger partial charge in [-0.1, -0.05) is 0 Å². The number of hydrogen-bond acceptors (Lipinski definition) is 5. The summed E-state index contributed by atoms with van der Waals surface area (Å²) in [5, 5.41) is 5.30. The SMILES string of the molecule is NC1=CC(N=O)=NCN1. The molecule has 9 heavy (non-hydrogen) atoms. The highest BCUT2D eigenvalue weighted by Gasteiger charge is 2.00. The third-order valence-corrected chi connectivity index (χ3v) is 0.902. The maximum Gasteiger partial charge on any atom is 0.197 e. The monoisotopic (exact) mass is 126 g/mol. The molecule has 0 saturated heterocycles. The molecule has 0 fully saturated rings. The highest BCUT2D eigenvalue weighted by molar-refractivity contribution is 5.94. The van der Waals surface area contributed by atoms with Crippen molar-refractivity contribution >= 4 is 5.84 Å². The largest absolute Gasteiger partial charge is 0.385 e. The summed E-state index contributed by atoms with van der Waals surface area (Å²) in [5.41, 5.74) is 5.27. The minimum Gasteiger partial charge on any atom is -0.385 e. The lowest BCUT2D eigenvalue weighted by Crippen LogP contribution is -2.24. The average Bonchev–Trinajstić information content (AvgIpc) is 1.88. The van der Waals surface area contributed by atoms with Crippen LogP contribution >= 0.6 is 0 Å². The number of nitroso groups, excluding NO2 is 1. The highest BCUT2D eigenvalue weighted by atomic mass is 16.3. The zero-order valence-electron chi connectivity index (χ0n) is 4.66. The second-order valence-corrected chi connectivity index (χ2v) is 1.54. The Labute approximate surface area is 51.6 Å². The quantitative estimate of drug-likeness (QED) is 0.430. The van der Waals surface area contributed by atoms with Crippen molar-refractivity contribution in [2.75, 3.05) is 6.67 Å². The highest BCUT2D eigenvalue weighted by Crippen LogP contribution is 1.91. The molecule has 0 radical (unpaired) electrons. The molecule has 0 aromatic heterocycles. The fourth-order valence-corrected chi connectivity index (χ4v) is 0.503. The van der Waals surface area contributed by atoms with E-state index in [0.29, 0.717) is 12.5 Å². The number of nitrogens with zero attached hydrogens (tertiary/aromatic N) is 2. The van der Waals surface area contributed by atoms with Crippen LogP contribution in [0.4, 0.5) is 0 Å². The molecule has 1 aliphatic rings. The molecule has 1 rings (SSSR count). The summed E-state index contributed by atoms with van der Waals surface area (Å²) in [6.45, 7) is 0.337. The van der Waals surface area contributed by atoms with Gasteiger partial charge in [-0.05, 0) is 5.18 Å². The Bertz CT molecular complexity index is 183. The lowest BCUT2D eigenvalue weighted by atomic mass is 10.5. The third kappa shape index (κ3) is 1.25. The summed E-state index contributed by atoms with van der Waals surface area (Å²) in [7, 11) is 0. The molecule has 1 aliphatic heterocycles. The molecular weight excluding hydrogens is 120 g/mol. The topological polar surface area (TPSA) is 79.8 Å². The van der Waals surface area contributed by atoms with Crippen LogP contribution in [-0.4, -0.2) is 12.5 Å². The molecular formula is C4H6N4O. The van der Waals surface area contributed by atoms with Crippen LogP contribution in [0.2, 0.25) is 0 Å². The normalized spacial score (nSPS) is 17.3. The molecule has 0 aliphatic carbocycles. The zero-order valence-corrected chi connectivity index (χ0v) is 4.66. The van der Waals surface area contributed by atoms with E-state index in [2.05, 4.69) is 15.5 Å². The van der Waals surface area contributed by atoms with Crippen LogP contribution in [0.5, 0.6) is 0 Å². The molecule has 0 aromatic carbocycles. The van der Waals surface area contributed by atoms with E-state index in [4.69, 9.17) is 5.73 Å². The first kappa shape index (κ1) is 5.74. The first-order chi connectivity index (χ1) is 4.33. The van der Waals surface area contributed by atoms with Gasteiger partial charge in [-0.3, -0.25) is 0 Å². The van der Waals surface area contributed by atoms with Crippen LogP contribution in [0.3, 0.4) is 0 Å². The molecule has 0 amide bonds. The molecule has 5 nitrogen and oxygen atoms in total. The second-order valence-electron chi connectivity index (χ2n) is 1.54. The fourth-order valence-electron chi connectivity index (χ4n) is 0.503. The van der Waals surface area contributed by atoms with Crippen molar-refractivity contribution in [3.8, 4) is 0 Å². The number of rotatable bonds is 0. The van der Waals surface area contributed by atoms with Gasteiger partial charge in [0.05, 0.1) is 0 Å². The van der Waals surface area contributed by atoms with Crippen LogP contribution in [-0.2, 0) is 0 Å². The zero-order chi connectivity index (χ0) is 6.69. The van der Waals surface area contributed by atoms with Crippen molar-refractivity contribution in [1.82, 2.24) is 5.32 Å². The summed E-state index contributed by atoms with van der Waals surface area (Å²) >= 11 is 0. The summed E-state index contributed by atoms with van der Waals surface area (Å²) in [4.78, 5) is 13.5. The van der Waals surface area contributed by atoms with Gasteiger partial charge in [-0.25, -0.2) is 4.99 Å². The standard InChI is InChI=1S/C4H6N4O/c5-3-1-4(8-9)7-2-6-3/h1,6H,2,5H2. The molecule has 0 spiro atoms. The van der Waals surface area contributed by atoms with Crippen LogP contribution < -0.4 is 11.1 Å². The average molecular weight is 126 g/mol. The molecule has 3 N–H and O–H groups in total. The summed E-state index contributed by atoms with van der Waals surface area (Å²) < 4.78 is 0. The Morgan fingerprint density at radius 1 is 1.89 bits per heavy atom. The van der Waals surface area contributed by atoms with Gasteiger partial charge in [0.2, 0.25) is 0 Å². The Kier molecular flexibility index (Phi) is 1.44. The van der Waals surface area contributed by atoms with Crippen molar-refractivity contribution < 1.29 is 0 Å². The van der Waals surface area contributed by atoms with Crippen LogP contribution in [0.15, 0.2) is 22.1 Å². The van der Waals surface area contributed by atoms with Crippen LogP contribution in [0.25, 0.3) is 0 Å². The van der Waals surface area contributed by atoms with Crippen molar-refractivity contribution in [3.05, 3.63) is 16.8 Å². The number of hydrogen-bond donors (Lipinski definition) is 2. The first-order valence-corrected chi connectivity index (χ1v) is 2.42. The van der Waals surface area contributed by atoms with Crippen molar-refractivity contribution in [2.24, 2.45) is 15.9 Å². The lowest BCUT2D eigenvalue weighted by molar-refractivity contribution is 0.802. The molecule has 0 unspecified atom stereocenters. The van der Waals surface area contributed by atoms with Gasteiger partial charge in [-0.15, -0.1) is 4.91 Å². The maximum atomic E-state index is 9.80. The number of amidine groups is 1. The molecule has 0 saturated carbocycles. The van der Waals surface area contributed by atoms with Gasteiger partial charge >= 0.3 is 0 Å². The lowest BCUT2D eigenvalue weighted by Gasteiger charge is -2.06. The van der Waals surface area contributed by atoms with Gasteiger partial charge in [0, 0.05) is 6.08 Å². The fraction of sp³-hybridized carbons (Fsp3) is 0.250. The van der Waals surface area contributed by atoms with E-state index >= 15 is 0 Å². The minimum atomic E-state index is 0.145. The Hall–Kier alpha value is -1.39. The van der Waals surface area contributed by atoms with E-state index in [0.717, 1.165) is 0 Å². The van der Waals surface area contributed by atoms with Crippen molar-refractivity contribution in [2.45, 2.75) is 0 Å². The van der Waals surface area contributed by atoms with Crippen LogP contribution in [0, 0.1) is 4.91 Å². The van der Waals surface area contributed by atoms with Gasteiger partial charge in [0.1, 0.15) is 12.5 Å². The summed E-state index contributed by atoms with van der Waals surface area (Å²) in [6.07, 6.45) is 1.39. The van der Waals surface area contributed by atoms with Gasteiger partial charge < -0.3 is 11.1 Å². The predicted molar refractivity (Wildman–Crippen MR) is 33.5 cm³/mol. The molecule has 5 heteroatoms. The van der Waals surface area contributed by atoms with Gasteiger partial charge in [-0.2, -0.15) is 0 Å². The van der Waals surface area contributed by atoms with E-state index in [1.165, 1.54) is 6.08 Å². The molecule has 1 heterocycles. The molecule has 48 valence electrons. The van der Waals surface area contributed by atoms with E-state index in [1.807, 2.05) is 0 Å². The molecule has 0 aromatic rings. The number of nitrogens with one attached hydrogen (secondary N) is 1. The van der Waals surface area contributed by atoms with E-state index in [-0.39, 0.29) is 5.84 Å². The number of aliphatic imine (C=N–C) groups is 1. The molecule has 0 bridgehead atoms.